The van der Waals surface area contributed by atoms with E-state index >= 15 is 0 Å². The molecule has 0 spiro atoms. The summed E-state index contributed by atoms with van der Waals surface area (Å²) in [6.07, 6.45) is 4.06. The lowest BCUT2D eigenvalue weighted by Gasteiger charge is -2.34. The first-order chi connectivity index (χ1) is 19.1. The molecule has 2 aromatic heterocycles. The number of piperazine rings is 1. The second-order valence-corrected chi connectivity index (χ2v) is 10.3. The fourth-order valence-electron chi connectivity index (χ4n) is 5.17. The third kappa shape index (κ3) is 7.02. The Morgan fingerprint density at radius 3 is 2.49 bits per heavy atom. The van der Waals surface area contributed by atoms with Crippen LogP contribution in [0.25, 0.3) is 22.3 Å². The molecule has 0 saturated carbocycles. The SMILES string of the molecule is COC(=O)CCCCN1CCN(Cc2ccc(-c3cc4c(NC(C)c5ccccc5)ncnc4[nH]3)cc2)CC1. The lowest BCUT2D eigenvalue weighted by atomic mass is 10.1. The van der Waals surface area contributed by atoms with Gasteiger partial charge in [0.25, 0.3) is 0 Å². The standard InChI is InChI=1S/C31H38N6O2/c1-23(25-8-4-3-5-9-25)34-30-27-20-28(35-31(27)33-22-32-30)26-13-11-24(12-14-26)21-37-18-16-36(17-19-37)15-7-6-10-29(38)39-2/h3-5,8-9,11-14,20,22-23H,6-7,10,15-19,21H2,1-2H3,(H2,32,33,34,35). The van der Waals surface area contributed by atoms with Crippen molar-refractivity contribution in [1.82, 2.24) is 24.8 Å². The van der Waals surface area contributed by atoms with Crippen LogP contribution in [-0.2, 0) is 16.1 Å². The number of methoxy groups -OCH3 is 1. The Kier molecular flexibility index (Phi) is 8.85. The number of carbonyl (C=O) groups excluding carboxylic acids is 1. The maximum absolute atomic E-state index is 11.3. The number of anilines is 1. The van der Waals surface area contributed by atoms with Crippen LogP contribution in [0.3, 0.4) is 0 Å². The minimum Gasteiger partial charge on any atom is -0.469 e. The first kappa shape index (κ1) is 26.8. The van der Waals surface area contributed by atoms with Gasteiger partial charge in [0, 0.05) is 50.9 Å². The van der Waals surface area contributed by atoms with Crippen molar-refractivity contribution < 1.29 is 9.53 Å². The fourth-order valence-corrected chi connectivity index (χ4v) is 5.17. The van der Waals surface area contributed by atoms with E-state index in [4.69, 9.17) is 4.74 Å². The van der Waals surface area contributed by atoms with Crippen molar-refractivity contribution in [3.05, 3.63) is 78.1 Å². The summed E-state index contributed by atoms with van der Waals surface area (Å²) in [6, 6.07) is 21.5. The predicted octanol–water partition coefficient (Wildman–Crippen LogP) is 5.26. The van der Waals surface area contributed by atoms with Crippen molar-refractivity contribution in [1.29, 1.82) is 0 Å². The molecule has 1 unspecified atom stereocenters. The molecule has 0 radical (unpaired) electrons. The summed E-state index contributed by atoms with van der Waals surface area (Å²) in [5.41, 5.74) is 5.53. The summed E-state index contributed by atoms with van der Waals surface area (Å²) in [5, 5.41) is 4.53. The van der Waals surface area contributed by atoms with Crippen molar-refractivity contribution in [2.24, 2.45) is 0 Å². The van der Waals surface area contributed by atoms with E-state index in [9.17, 15) is 4.79 Å². The molecule has 2 aromatic carbocycles. The average Bonchev–Trinajstić information content (AvgIpc) is 3.42. The van der Waals surface area contributed by atoms with Crippen LogP contribution >= 0.6 is 0 Å². The number of benzene rings is 2. The van der Waals surface area contributed by atoms with Gasteiger partial charge in [0.1, 0.15) is 17.8 Å². The number of nitrogens with one attached hydrogen (secondary N) is 2. The summed E-state index contributed by atoms with van der Waals surface area (Å²) >= 11 is 0. The van der Waals surface area contributed by atoms with Gasteiger partial charge in [-0.2, -0.15) is 0 Å². The number of unbranched alkanes of at least 4 members (excludes halogenated alkanes) is 1. The first-order valence-electron chi connectivity index (χ1n) is 13.8. The summed E-state index contributed by atoms with van der Waals surface area (Å²) < 4.78 is 4.72. The van der Waals surface area contributed by atoms with Gasteiger partial charge in [0.15, 0.2) is 0 Å². The predicted molar refractivity (Wildman–Crippen MR) is 155 cm³/mol. The number of rotatable bonds is 11. The van der Waals surface area contributed by atoms with Crippen LogP contribution in [0, 0.1) is 0 Å². The zero-order valence-electron chi connectivity index (χ0n) is 22.9. The fraction of sp³-hybridized carbons (Fsp3) is 0.387. The minimum absolute atomic E-state index is 0.112. The van der Waals surface area contributed by atoms with E-state index in [1.165, 1.54) is 18.2 Å². The summed E-state index contributed by atoms with van der Waals surface area (Å²) in [4.78, 5) is 28.7. The van der Waals surface area contributed by atoms with Crippen molar-refractivity contribution in [3.63, 3.8) is 0 Å². The number of aromatic amines is 1. The molecule has 3 heterocycles. The smallest absolute Gasteiger partial charge is 0.305 e. The Morgan fingerprint density at radius 1 is 1.00 bits per heavy atom. The number of nitrogens with zero attached hydrogens (tertiary/aromatic N) is 4. The molecule has 0 aliphatic carbocycles. The molecule has 1 saturated heterocycles. The second kappa shape index (κ2) is 12.9. The third-order valence-electron chi connectivity index (χ3n) is 7.55. The molecule has 204 valence electrons. The Bertz CT molecular complexity index is 1350. The van der Waals surface area contributed by atoms with Gasteiger partial charge in [-0.3, -0.25) is 9.69 Å². The maximum atomic E-state index is 11.3. The van der Waals surface area contributed by atoms with Gasteiger partial charge in [-0.05, 0) is 49.1 Å². The second-order valence-electron chi connectivity index (χ2n) is 10.3. The minimum atomic E-state index is -0.112. The molecule has 1 aliphatic rings. The highest BCUT2D eigenvalue weighted by atomic mass is 16.5. The number of hydrogen-bond acceptors (Lipinski definition) is 7. The van der Waals surface area contributed by atoms with E-state index in [0.29, 0.717) is 6.42 Å². The Hall–Kier alpha value is -3.75. The van der Waals surface area contributed by atoms with Crippen molar-refractivity contribution in [2.75, 3.05) is 45.2 Å². The molecule has 39 heavy (non-hydrogen) atoms. The van der Waals surface area contributed by atoms with Crippen LogP contribution in [-0.4, -0.2) is 70.6 Å². The monoisotopic (exact) mass is 526 g/mol. The van der Waals surface area contributed by atoms with E-state index in [2.05, 4.69) is 91.6 Å². The lowest BCUT2D eigenvalue weighted by molar-refractivity contribution is -0.140. The van der Waals surface area contributed by atoms with Crippen molar-refractivity contribution >= 4 is 22.8 Å². The van der Waals surface area contributed by atoms with Gasteiger partial charge in [-0.15, -0.1) is 0 Å². The zero-order chi connectivity index (χ0) is 27.0. The quantitative estimate of drug-likeness (QED) is 0.204. The highest BCUT2D eigenvalue weighted by Gasteiger charge is 2.17. The molecule has 2 N–H and O–H groups in total. The molecule has 4 aromatic rings. The number of fused-ring (bicyclic) bond motifs is 1. The molecular formula is C31H38N6O2. The van der Waals surface area contributed by atoms with Crippen LogP contribution in [0.15, 0.2) is 67.0 Å². The van der Waals surface area contributed by atoms with E-state index in [-0.39, 0.29) is 12.0 Å². The Balaban J connectivity index is 1.15. The number of H-pyrrole nitrogens is 1. The number of ether oxygens (including phenoxy) is 1. The number of esters is 1. The van der Waals surface area contributed by atoms with Gasteiger partial charge in [-0.1, -0.05) is 54.6 Å². The molecule has 1 fully saturated rings. The molecule has 8 heteroatoms. The average molecular weight is 527 g/mol. The Morgan fingerprint density at radius 2 is 1.74 bits per heavy atom. The number of carbonyl (C=O) groups is 1. The summed E-state index contributed by atoms with van der Waals surface area (Å²) in [5.74, 6) is 0.720. The highest BCUT2D eigenvalue weighted by molar-refractivity contribution is 5.91. The van der Waals surface area contributed by atoms with Crippen molar-refractivity contribution in [2.45, 2.75) is 38.8 Å². The maximum Gasteiger partial charge on any atom is 0.305 e. The number of hydrogen-bond donors (Lipinski definition) is 2. The lowest BCUT2D eigenvalue weighted by Crippen LogP contribution is -2.46. The van der Waals surface area contributed by atoms with Crippen LogP contribution < -0.4 is 5.32 Å². The molecule has 5 rings (SSSR count). The molecule has 0 amide bonds. The van der Waals surface area contributed by atoms with Crippen LogP contribution in [0.1, 0.15) is 43.4 Å². The molecule has 0 bridgehead atoms. The van der Waals surface area contributed by atoms with Gasteiger partial charge < -0.3 is 19.9 Å². The van der Waals surface area contributed by atoms with Crippen LogP contribution in [0.5, 0.6) is 0 Å². The highest BCUT2D eigenvalue weighted by Crippen LogP contribution is 2.29. The van der Waals surface area contributed by atoms with E-state index in [0.717, 1.165) is 80.2 Å². The molecular weight excluding hydrogens is 488 g/mol. The van der Waals surface area contributed by atoms with Gasteiger partial charge in [0.05, 0.1) is 12.5 Å². The van der Waals surface area contributed by atoms with Crippen molar-refractivity contribution in [3.8, 4) is 11.3 Å². The zero-order valence-corrected chi connectivity index (χ0v) is 22.9. The topological polar surface area (TPSA) is 86.4 Å². The van der Waals surface area contributed by atoms with Gasteiger partial charge >= 0.3 is 5.97 Å². The largest absolute Gasteiger partial charge is 0.469 e. The third-order valence-corrected chi connectivity index (χ3v) is 7.55. The Labute approximate surface area is 230 Å². The number of aromatic nitrogens is 3. The first-order valence-corrected chi connectivity index (χ1v) is 13.8. The van der Waals surface area contributed by atoms with E-state index < -0.39 is 0 Å². The summed E-state index contributed by atoms with van der Waals surface area (Å²) in [6.45, 7) is 8.44. The van der Waals surface area contributed by atoms with Crippen LogP contribution in [0.4, 0.5) is 5.82 Å². The van der Waals surface area contributed by atoms with Gasteiger partial charge in [-0.25, -0.2) is 9.97 Å². The normalized spacial score (nSPS) is 15.3. The van der Waals surface area contributed by atoms with E-state index in [1.807, 2.05) is 6.07 Å². The molecule has 8 nitrogen and oxygen atoms in total. The molecule has 1 aliphatic heterocycles. The van der Waals surface area contributed by atoms with Crippen LogP contribution in [0.2, 0.25) is 0 Å². The van der Waals surface area contributed by atoms with E-state index in [1.54, 1.807) is 6.33 Å². The molecule has 1 atom stereocenters. The van der Waals surface area contributed by atoms with Gasteiger partial charge in [0.2, 0.25) is 0 Å². The summed E-state index contributed by atoms with van der Waals surface area (Å²) in [7, 11) is 1.45.